The zero-order valence-electron chi connectivity index (χ0n) is 11.6. The quantitative estimate of drug-likeness (QED) is 0.616. The van der Waals surface area contributed by atoms with Crippen molar-refractivity contribution in [2.45, 2.75) is 40.0 Å². The van der Waals surface area contributed by atoms with Crippen LogP contribution in [0.3, 0.4) is 0 Å². The van der Waals surface area contributed by atoms with Crippen LogP contribution in [0.25, 0.3) is 10.9 Å². The largest absolute Gasteiger partial charge is 0.270 e. The number of aryl methyl sites for hydroxylation is 2. The molecule has 0 radical (unpaired) electrons. The van der Waals surface area contributed by atoms with Gasteiger partial charge in [-0.2, -0.15) is 0 Å². The minimum absolute atomic E-state index is 0.135. The molecule has 0 fully saturated rings. The Morgan fingerprint density at radius 2 is 2.00 bits per heavy atom. The molecule has 2 rings (SSSR count). The number of non-ortho nitro benzene ring substituents is 1. The molecule has 100 valence electrons. The minimum Gasteiger partial charge on any atom is -0.258 e. The standard InChI is InChI=1S/C15H18N2O2/c1-4-6-13-10(3)16-15-8-7-11(17(18)19)9-14(15)12(13)5-2/h7-9H,4-6H2,1-3H3. The molecule has 0 bridgehead atoms. The Labute approximate surface area is 112 Å². The highest BCUT2D eigenvalue weighted by Crippen LogP contribution is 2.28. The molecular formula is C15H18N2O2. The average molecular weight is 258 g/mol. The van der Waals surface area contributed by atoms with E-state index in [0.717, 1.165) is 35.9 Å². The second-order valence-electron chi connectivity index (χ2n) is 4.72. The first-order chi connectivity index (χ1) is 9.08. The van der Waals surface area contributed by atoms with E-state index in [2.05, 4.69) is 18.8 Å². The molecule has 1 aromatic heterocycles. The molecular weight excluding hydrogens is 240 g/mol. The van der Waals surface area contributed by atoms with Gasteiger partial charge in [-0.15, -0.1) is 0 Å². The molecule has 1 aromatic carbocycles. The molecule has 0 N–H and O–H groups in total. The fraction of sp³-hybridized carbons (Fsp3) is 0.400. The molecule has 0 amide bonds. The van der Waals surface area contributed by atoms with Gasteiger partial charge in [-0.25, -0.2) is 0 Å². The Kier molecular flexibility index (Phi) is 3.79. The third kappa shape index (κ3) is 2.43. The number of benzene rings is 1. The highest BCUT2D eigenvalue weighted by molar-refractivity contribution is 5.85. The number of hydrogen-bond donors (Lipinski definition) is 0. The monoisotopic (exact) mass is 258 g/mol. The van der Waals surface area contributed by atoms with Crippen molar-refractivity contribution in [1.82, 2.24) is 4.98 Å². The van der Waals surface area contributed by atoms with Crippen molar-refractivity contribution in [1.29, 1.82) is 0 Å². The van der Waals surface area contributed by atoms with Crippen molar-refractivity contribution < 1.29 is 4.92 Å². The van der Waals surface area contributed by atoms with Gasteiger partial charge in [-0.05, 0) is 37.0 Å². The fourth-order valence-electron chi connectivity index (χ4n) is 2.59. The topological polar surface area (TPSA) is 56.0 Å². The fourth-order valence-corrected chi connectivity index (χ4v) is 2.59. The summed E-state index contributed by atoms with van der Waals surface area (Å²) in [5.74, 6) is 0. The molecule has 0 saturated heterocycles. The van der Waals surface area contributed by atoms with E-state index < -0.39 is 0 Å². The van der Waals surface area contributed by atoms with Crippen molar-refractivity contribution in [2.75, 3.05) is 0 Å². The van der Waals surface area contributed by atoms with E-state index in [0.29, 0.717) is 0 Å². The number of pyridine rings is 1. The first kappa shape index (κ1) is 13.5. The maximum absolute atomic E-state index is 10.9. The Bertz CT molecular complexity index is 636. The SMILES string of the molecule is CCCc1c(C)nc2ccc([N+](=O)[O-])cc2c1CC. The maximum Gasteiger partial charge on any atom is 0.270 e. The van der Waals surface area contributed by atoms with Crippen molar-refractivity contribution in [3.63, 3.8) is 0 Å². The molecule has 0 aliphatic heterocycles. The minimum atomic E-state index is -0.349. The van der Waals surface area contributed by atoms with Crippen LogP contribution in [0.5, 0.6) is 0 Å². The van der Waals surface area contributed by atoms with Gasteiger partial charge in [0, 0.05) is 23.2 Å². The van der Waals surface area contributed by atoms with Gasteiger partial charge >= 0.3 is 0 Å². The van der Waals surface area contributed by atoms with Crippen LogP contribution in [0.15, 0.2) is 18.2 Å². The van der Waals surface area contributed by atoms with Gasteiger partial charge < -0.3 is 0 Å². The lowest BCUT2D eigenvalue weighted by atomic mass is 9.95. The van der Waals surface area contributed by atoms with E-state index in [1.54, 1.807) is 12.1 Å². The number of hydrogen-bond acceptors (Lipinski definition) is 3. The van der Waals surface area contributed by atoms with E-state index in [-0.39, 0.29) is 10.6 Å². The molecule has 0 aliphatic rings. The zero-order chi connectivity index (χ0) is 14.0. The van der Waals surface area contributed by atoms with Crippen molar-refractivity contribution in [3.05, 3.63) is 45.1 Å². The lowest BCUT2D eigenvalue weighted by Crippen LogP contribution is -2.01. The molecule has 1 heterocycles. The molecule has 0 atom stereocenters. The Morgan fingerprint density at radius 1 is 1.26 bits per heavy atom. The average Bonchev–Trinajstić information content (AvgIpc) is 2.39. The van der Waals surface area contributed by atoms with Crippen LogP contribution < -0.4 is 0 Å². The first-order valence-corrected chi connectivity index (χ1v) is 6.65. The highest BCUT2D eigenvalue weighted by atomic mass is 16.6. The maximum atomic E-state index is 10.9. The number of nitro benzene ring substituents is 1. The van der Waals surface area contributed by atoms with Gasteiger partial charge in [0.15, 0.2) is 0 Å². The highest BCUT2D eigenvalue weighted by Gasteiger charge is 2.14. The summed E-state index contributed by atoms with van der Waals surface area (Å²) in [5, 5.41) is 11.8. The van der Waals surface area contributed by atoms with Gasteiger partial charge in [-0.3, -0.25) is 15.1 Å². The summed E-state index contributed by atoms with van der Waals surface area (Å²) in [6.45, 7) is 6.24. The van der Waals surface area contributed by atoms with E-state index in [1.807, 2.05) is 6.92 Å². The molecule has 0 saturated carbocycles. The van der Waals surface area contributed by atoms with E-state index in [4.69, 9.17) is 0 Å². The third-order valence-electron chi connectivity index (χ3n) is 3.46. The molecule has 0 unspecified atom stereocenters. The van der Waals surface area contributed by atoms with Gasteiger partial charge in [0.1, 0.15) is 0 Å². The molecule has 4 heteroatoms. The van der Waals surface area contributed by atoms with Gasteiger partial charge in [0.25, 0.3) is 5.69 Å². The van der Waals surface area contributed by atoms with Crippen LogP contribution >= 0.6 is 0 Å². The molecule has 2 aromatic rings. The summed E-state index contributed by atoms with van der Waals surface area (Å²) in [7, 11) is 0. The van der Waals surface area contributed by atoms with Crippen molar-refractivity contribution >= 4 is 16.6 Å². The van der Waals surface area contributed by atoms with Crippen molar-refractivity contribution in [2.24, 2.45) is 0 Å². The van der Waals surface area contributed by atoms with Crippen molar-refractivity contribution in [3.8, 4) is 0 Å². The molecule has 0 aliphatic carbocycles. The summed E-state index contributed by atoms with van der Waals surface area (Å²) >= 11 is 0. The van der Waals surface area contributed by atoms with E-state index in [1.165, 1.54) is 17.2 Å². The number of aromatic nitrogens is 1. The van der Waals surface area contributed by atoms with Crippen LogP contribution in [0.4, 0.5) is 5.69 Å². The number of nitrogens with zero attached hydrogens (tertiary/aromatic N) is 2. The van der Waals surface area contributed by atoms with Crippen LogP contribution in [-0.2, 0) is 12.8 Å². The summed E-state index contributed by atoms with van der Waals surface area (Å²) < 4.78 is 0. The van der Waals surface area contributed by atoms with E-state index >= 15 is 0 Å². The van der Waals surface area contributed by atoms with Crippen LogP contribution in [-0.4, -0.2) is 9.91 Å². The smallest absolute Gasteiger partial charge is 0.258 e. The number of rotatable bonds is 4. The summed E-state index contributed by atoms with van der Waals surface area (Å²) in [4.78, 5) is 15.1. The molecule has 19 heavy (non-hydrogen) atoms. The number of nitro groups is 1. The Hall–Kier alpha value is -1.97. The first-order valence-electron chi connectivity index (χ1n) is 6.65. The van der Waals surface area contributed by atoms with Gasteiger partial charge in [-0.1, -0.05) is 20.3 Å². The van der Waals surface area contributed by atoms with Crippen LogP contribution in [0.1, 0.15) is 37.1 Å². The van der Waals surface area contributed by atoms with E-state index in [9.17, 15) is 10.1 Å². The third-order valence-corrected chi connectivity index (χ3v) is 3.46. The Morgan fingerprint density at radius 3 is 2.58 bits per heavy atom. The molecule has 4 nitrogen and oxygen atoms in total. The normalized spacial score (nSPS) is 10.9. The van der Waals surface area contributed by atoms with Gasteiger partial charge in [0.05, 0.1) is 10.4 Å². The summed E-state index contributed by atoms with van der Waals surface area (Å²) in [5.41, 5.74) is 4.47. The second kappa shape index (κ2) is 5.34. The predicted octanol–water partition coefficient (Wildman–Crippen LogP) is 3.97. The lowest BCUT2D eigenvalue weighted by molar-refractivity contribution is -0.384. The summed E-state index contributed by atoms with van der Waals surface area (Å²) in [6, 6.07) is 4.92. The Balaban J connectivity index is 2.76. The predicted molar refractivity (Wildman–Crippen MR) is 76.5 cm³/mol. The summed E-state index contributed by atoms with van der Waals surface area (Å²) in [6.07, 6.45) is 2.90. The number of fused-ring (bicyclic) bond motifs is 1. The van der Waals surface area contributed by atoms with Gasteiger partial charge in [0.2, 0.25) is 0 Å². The second-order valence-corrected chi connectivity index (χ2v) is 4.72. The molecule has 0 spiro atoms. The zero-order valence-corrected chi connectivity index (χ0v) is 11.6. The van der Waals surface area contributed by atoms with Crippen LogP contribution in [0, 0.1) is 17.0 Å². The lowest BCUT2D eigenvalue weighted by Gasteiger charge is -2.13. The van der Waals surface area contributed by atoms with Crippen LogP contribution in [0.2, 0.25) is 0 Å².